The number of nitrogens with zero attached hydrogens (tertiary/aromatic N) is 6. The average molecular weight is 1170 g/mol. The largest absolute Gasteiger partial charge is 0.309 e. The van der Waals surface area contributed by atoms with Crippen molar-refractivity contribution in [3.05, 3.63) is 290 Å². The summed E-state index contributed by atoms with van der Waals surface area (Å²) in [6, 6.07) is 103. The molecule has 0 amide bonds. The number of fused-ring (bicyclic) bond motifs is 20. The Morgan fingerprint density at radius 1 is 0.300 bits per heavy atom. The molecule has 1 aliphatic rings. The van der Waals surface area contributed by atoms with Crippen molar-refractivity contribution in [1.82, 2.24) is 28.2 Å². The molecule has 0 bridgehead atoms. The summed E-state index contributed by atoms with van der Waals surface area (Å²) in [5.74, 6) is 1.42. The van der Waals surface area contributed by atoms with E-state index in [4.69, 9.17) is 9.97 Å². The van der Waals surface area contributed by atoms with E-state index in [-0.39, 0.29) is 5.41 Å². The van der Waals surface area contributed by atoms with Crippen LogP contribution >= 0.6 is 11.3 Å². The van der Waals surface area contributed by atoms with Gasteiger partial charge in [0, 0.05) is 85.4 Å². The van der Waals surface area contributed by atoms with E-state index in [9.17, 15) is 0 Å². The second-order valence-corrected chi connectivity index (χ2v) is 25.9. The predicted octanol–water partition coefficient (Wildman–Crippen LogP) is 22.0. The third-order valence-corrected chi connectivity index (χ3v) is 21.0. The summed E-state index contributed by atoms with van der Waals surface area (Å²) in [4.78, 5) is 11.7. The molecule has 90 heavy (non-hydrogen) atoms. The molecule has 0 saturated heterocycles. The van der Waals surface area contributed by atoms with Crippen LogP contribution in [0.4, 0.5) is 0 Å². The number of hydrogen-bond acceptors (Lipinski definition) is 3. The van der Waals surface area contributed by atoms with Crippen LogP contribution in [0.15, 0.2) is 279 Å². The number of benzene rings is 13. The standard InChI is InChI=1S/C83H52N6S/c1-83(2)67-26-12-6-20-55(67)56-37-32-50(45-68(56)83)52-34-38-60-57-21-7-13-27-70(57)87(76(60)46-52)54-36-41-69-66(48-54)81(88-73-30-16-10-25-64(73)79-75(88)43-40-63-62-24-11-17-31-78(62)90-80(63)79)85-82(84-69)89-72-29-15-8-22-58(72)61-39-33-51(47-77(61)89)49-35-42-74-65(44-49)59-23-9-14-28-71(59)86(74)53-18-4-3-5-19-53/h3-48H,1-2H3. The molecule has 13 aromatic carbocycles. The molecule has 6 nitrogen and oxygen atoms in total. The van der Waals surface area contributed by atoms with Gasteiger partial charge in [-0.3, -0.25) is 9.13 Å². The average Bonchev–Trinajstić information content (AvgIpc) is 1.58. The maximum absolute atomic E-state index is 5.98. The van der Waals surface area contributed by atoms with Crippen LogP contribution in [0.3, 0.4) is 0 Å². The second kappa shape index (κ2) is 18.3. The molecule has 1 aliphatic carbocycles. The molecule has 0 N–H and O–H groups in total. The molecule has 19 aromatic rings. The lowest BCUT2D eigenvalue weighted by atomic mass is 9.81. The minimum absolute atomic E-state index is 0.112. The van der Waals surface area contributed by atoms with Crippen molar-refractivity contribution >= 4 is 130 Å². The van der Waals surface area contributed by atoms with Crippen molar-refractivity contribution in [3.63, 3.8) is 0 Å². The van der Waals surface area contributed by atoms with Gasteiger partial charge in [-0.05, 0) is 142 Å². The van der Waals surface area contributed by atoms with Gasteiger partial charge in [-0.25, -0.2) is 4.98 Å². The van der Waals surface area contributed by atoms with Gasteiger partial charge in [0.1, 0.15) is 0 Å². The number of aromatic nitrogens is 6. The smallest absolute Gasteiger partial charge is 0.237 e. The van der Waals surface area contributed by atoms with Crippen molar-refractivity contribution < 1.29 is 0 Å². The summed E-state index contributed by atoms with van der Waals surface area (Å²) in [7, 11) is 0. The SMILES string of the molecule is CC1(C)c2ccccc2-c2ccc(-c3ccc4c5ccccc5n(-c5ccc6nc(-n7c8ccccc8c8ccc(-c9ccc%10c(c9)c9ccccc9n%10-c9ccccc9)cc87)nc(-n7c8ccccc8c8c9sc%10ccccc%10c9ccc87)c6c5)c4c3)cc21. The molecule has 7 heteroatoms. The first-order valence-corrected chi connectivity index (χ1v) is 31.8. The number of thiophene rings is 1. The quantitative estimate of drug-likeness (QED) is 0.167. The van der Waals surface area contributed by atoms with E-state index >= 15 is 0 Å². The molecule has 420 valence electrons. The summed E-state index contributed by atoms with van der Waals surface area (Å²) in [6.45, 7) is 4.72. The Morgan fingerprint density at radius 2 is 0.811 bits per heavy atom. The maximum atomic E-state index is 5.98. The summed E-state index contributed by atoms with van der Waals surface area (Å²) in [5.41, 5.74) is 21.9. The van der Waals surface area contributed by atoms with E-state index in [1.807, 2.05) is 11.3 Å². The van der Waals surface area contributed by atoms with Gasteiger partial charge in [0.05, 0.1) is 49.7 Å². The lowest BCUT2D eigenvalue weighted by Crippen LogP contribution is -2.14. The molecule has 0 unspecified atom stereocenters. The van der Waals surface area contributed by atoms with Gasteiger partial charge in [0.2, 0.25) is 5.95 Å². The fourth-order valence-electron chi connectivity index (χ4n) is 15.6. The number of hydrogen-bond donors (Lipinski definition) is 0. The Labute approximate surface area is 520 Å². The highest BCUT2D eigenvalue weighted by Gasteiger charge is 2.35. The molecule has 6 heterocycles. The molecule has 0 spiro atoms. The normalized spacial score (nSPS) is 13.1. The Balaban J connectivity index is 0.829. The van der Waals surface area contributed by atoms with Crippen molar-refractivity contribution in [3.8, 4) is 56.5 Å². The van der Waals surface area contributed by atoms with Crippen molar-refractivity contribution in [2.45, 2.75) is 19.3 Å². The summed E-state index contributed by atoms with van der Waals surface area (Å²) >= 11 is 1.87. The van der Waals surface area contributed by atoms with E-state index in [1.54, 1.807) is 0 Å². The van der Waals surface area contributed by atoms with Crippen LogP contribution < -0.4 is 0 Å². The Hall–Kier alpha value is -11.4. The Bertz CT molecular complexity index is 6320. The lowest BCUT2D eigenvalue weighted by Gasteiger charge is -2.22. The predicted molar refractivity (Wildman–Crippen MR) is 378 cm³/mol. The summed E-state index contributed by atoms with van der Waals surface area (Å²) in [5, 5.41) is 13.0. The molecule has 0 fully saturated rings. The monoisotopic (exact) mass is 1160 g/mol. The third kappa shape index (κ3) is 6.87. The summed E-state index contributed by atoms with van der Waals surface area (Å²) < 4.78 is 12.1. The van der Waals surface area contributed by atoms with Crippen LogP contribution in [0.1, 0.15) is 25.0 Å². The fraction of sp³-hybridized carbons (Fsp3) is 0.0361. The van der Waals surface area contributed by atoms with E-state index in [0.717, 1.165) is 83.1 Å². The Kier molecular flexibility index (Phi) is 10.1. The lowest BCUT2D eigenvalue weighted by molar-refractivity contribution is 0.660. The zero-order valence-corrected chi connectivity index (χ0v) is 50.0. The molecule has 20 rings (SSSR count). The molecule has 0 saturated carbocycles. The van der Waals surface area contributed by atoms with Crippen molar-refractivity contribution in [2.75, 3.05) is 0 Å². The molecule has 0 aliphatic heterocycles. The van der Waals surface area contributed by atoms with Gasteiger partial charge in [0.25, 0.3) is 0 Å². The zero-order valence-electron chi connectivity index (χ0n) is 49.1. The van der Waals surface area contributed by atoms with Gasteiger partial charge in [0.15, 0.2) is 5.82 Å². The minimum atomic E-state index is -0.112. The van der Waals surface area contributed by atoms with Crippen LogP contribution in [0.5, 0.6) is 0 Å². The van der Waals surface area contributed by atoms with E-state index in [1.165, 1.54) is 96.9 Å². The highest BCUT2D eigenvalue weighted by Crippen LogP contribution is 2.51. The molecule has 6 aromatic heterocycles. The van der Waals surface area contributed by atoms with Crippen LogP contribution in [-0.4, -0.2) is 28.2 Å². The van der Waals surface area contributed by atoms with Gasteiger partial charge < -0.3 is 9.13 Å². The van der Waals surface area contributed by atoms with Crippen LogP contribution in [0.2, 0.25) is 0 Å². The summed E-state index contributed by atoms with van der Waals surface area (Å²) in [6.07, 6.45) is 0. The second-order valence-electron chi connectivity index (χ2n) is 24.9. The third-order valence-electron chi connectivity index (χ3n) is 19.8. The number of rotatable bonds is 6. The first-order valence-electron chi connectivity index (χ1n) is 31.0. The van der Waals surface area contributed by atoms with Gasteiger partial charge >= 0.3 is 0 Å². The highest BCUT2D eigenvalue weighted by molar-refractivity contribution is 7.26. The van der Waals surface area contributed by atoms with Crippen LogP contribution in [0, 0.1) is 0 Å². The Morgan fingerprint density at radius 3 is 1.56 bits per heavy atom. The number of para-hydroxylation sites is 5. The first-order chi connectivity index (χ1) is 44.4. The highest BCUT2D eigenvalue weighted by atomic mass is 32.1. The first kappa shape index (κ1) is 49.7. The fourth-order valence-corrected chi connectivity index (χ4v) is 16.9. The van der Waals surface area contributed by atoms with Crippen LogP contribution in [-0.2, 0) is 5.41 Å². The van der Waals surface area contributed by atoms with Gasteiger partial charge in [-0.15, -0.1) is 11.3 Å². The van der Waals surface area contributed by atoms with Crippen molar-refractivity contribution in [1.29, 1.82) is 0 Å². The van der Waals surface area contributed by atoms with Gasteiger partial charge in [-0.1, -0.05) is 196 Å². The molecule has 0 atom stereocenters. The van der Waals surface area contributed by atoms with Crippen molar-refractivity contribution in [2.24, 2.45) is 0 Å². The van der Waals surface area contributed by atoms with Gasteiger partial charge in [-0.2, -0.15) is 4.98 Å². The van der Waals surface area contributed by atoms with E-state index in [2.05, 4.69) is 311 Å². The zero-order chi connectivity index (χ0) is 59.1. The van der Waals surface area contributed by atoms with Crippen LogP contribution in [0.25, 0.3) is 175 Å². The maximum Gasteiger partial charge on any atom is 0.237 e. The molecule has 0 radical (unpaired) electrons. The minimum Gasteiger partial charge on any atom is -0.309 e. The molecular weight excluding hydrogens is 1110 g/mol. The topological polar surface area (TPSA) is 45.5 Å². The van der Waals surface area contributed by atoms with E-state index < -0.39 is 0 Å². The van der Waals surface area contributed by atoms with E-state index in [0.29, 0.717) is 5.95 Å². The molecular formula is C83H52N6S.